The summed E-state index contributed by atoms with van der Waals surface area (Å²) in [5, 5.41) is 11.5. The van der Waals surface area contributed by atoms with Crippen molar-refractivity contribution in [1.29, 1.82) is 0 Å². The summed E-state index contributed by atoms with van der Waals surface area (Å²) in [5.41, 5.74) is 0.944. The van der Waals surface area contributed by atoms with Crippen molar-refractivity contribution in [2.75, 3.05) is 11.9 Å². The van der Waals surface area contributed by atoms with Gasteiger partial charge in [-0.25, -0.2) is 13.8 Å². The number of hydrogen-bond donors (Lipinski definition) is 2. The largest absolute Gasteiger partial charge is 0.385 e. The molecule has 0 fully saturated rings. The van der Waals surface area contributed by atoms with Crippen molar-refractivity contribution in [3.63, 3.8) is 0 Å². The number of anilines is 1. The van der Waals surface area contributed by atoms with Crippen LogP contribution in [0.3, 0.4) is 0 Å². The van der Waals surface area contributed by atoms with Crippen molar-refractivity contribution in [2.45, 2.75) is 19.5 Å². The van der Waals surface area contributed by atoms with Crippen LogP contribution in [0.1, 0.15) is 5.56 Å². The quantitative estimate of drug-likeness (QED) is 0.889. The molecule has 0 saturated carbocycles. The lowest BCUT2D eigenvalue weighted by molar-refractivity contribution is 0.00380. The Bertz CT molecular complexity index is 336. The van der Waals surface area contributed by atoms with Gasteiger partial charge >= 0.3 is 0 Å². The lowest BCUT2D eigenvalue weighted by atomic mass is 10.3. The molecular formula is C9H11BrF2N2O. The van der Waals surface area contributed by atoms with Crippen molar-refractivity contribution in [3.8, 4) is 0 Å². The molecule has 2 N–H and O–H groups in total. The average molecular weight is 281 g/mol. The van der Waals surface area contributed by atoms with Crippen LogP contribution in [0.5, 0.6) is 0 Å². The van der Waals surface area contributed by atoms with E-state index in [2.05, 4.69) is 26.2 Å². The van der Waals surface area contributed by atoms with Crippen molar-refractivity contribution in [1.82, 2.24) is 4.98 Å². The van der Waals surface area contributed by atoms with Crippen molar-refractivity contribution >= 4 is 21.7 Å². The Morgan fingerprint density at radius 1 is 1.60 bits per heavy atom. The fourth-order valence-electron chi connectivity index (χ4n) is 0.954. The van der Waals surface area contributed by atoms with Gasteiger partial charge in [-0.1, -0.05) is 0 Å². The summed E-state index contributed by atoms with van der Waals surface area (Å²) in [6.45, 7) is 1.63. The van der Waals surface area contributed by atoms with Gasteiger partial charge in [0.05, 0.1) is 4.47 Å². The van der Waals surface area contributed by atoms with Gasteiger partial charge in [-0.2, -0.15) is 0 Å². The third kappa shape index (κ3) is 3.39. The average Bonchev–Trinajstić information content (AvgIpc) is 2.19. The van der Waals surface area contributed by atoms with E-state index in [0.29, 0.717) is 10.3 Å². The van der Waals surface area contributed by atoms with Gasteiger partial charge in [0.2, 0.25) is 0 Å². The number of aryl methyl sites for hydroxylation is 1. The van der Waals surface area contributed by atoms with Gasteiger partial charge in [0, 0.05) is 12.7 Å². The second kappa shape index (κ2) is 5.37. The zero-order chi connectivity index (χ0) is 11.4. The zero-order valence-electron chi connectivity index (χ0n) is 8.04. The van der Waals surface area contributed by atoms with E-state index in [0.717, 1.165) is 5.56 Å². The summed E-state index contributed by atoms with van der Waals surface area (Å²) in [6, 6.07) is 1.79. The van der Waals surface area contributed by atoms with Gasteiger partial charge in [0.15, 0.2) is 0 Å². The lowest BCUT2D eigenvalue weighted by Gasteiger charge is -2.12. The summed E-state index contributed by atoms with van der Waals surface area (Å²) in [7, 11) is 0. The zero-order valence-corrected chi connectivity index (χ0v) is 9.63. The molecule has 15 heavy (non-hydrogen) atoms. The third-order valence-electron chi connectivity index (χ3n) is 1.85. The van der Waals surface area contributed by atoms with Crippen LogP contribution in [-0.2, 0) is 0 Å². The van der Waals surface area contributed by atoms with Crippen LogP contribution in [0.25, 0.3) is 0 Å². The first kappa shape index (κ1) is 12.3. The highest BCUT2D eigenvalue weighted by Crippen LogP contribution is 2.23. The fraction of sp³-hybridized carbons (Fsp3) is 0.444. The summed E-state index contributed by atoms with van der Waals surface area (Å²) < 4.78 is 24.7. The normalized spacial score (nSPS) is 12.9. The van der Waals surface area contributed by atoms with E-state index in [4.69, 9.17) is 5.11 Å². The van der Waals surface area contributed by atoms with Crippen LogP contribution in [0.2, 0.25) is 0 Å². The summed E-state index contributed by atoms with van der Waals surface area (Å²) in [5.74, 6) is 0.453. The van der Waals surface area contributed by atoms with Crippen LogP contribution in [0.4, 0.5) is 14.6 Å². The summed E-state index contributed by atoms with van der Waals surface area (Å²) in [4.78, 5) is 3.96. The SMILES string of the molecule is Cc1ccnc(NCC(O)C(F)F)c1Br. The Kier molecular flexibility index (Phi) is 4.41. The molecule has 3 nitrogen and oxygen atoms in total. The Morgan fingerprint density at radius 2 is 2.27 bits per heavy atom. The summed E-state index contributed by atoms with van der Waals surface area (Å²) >= 11 is 3.27. The predicted molar refractivity (Wildman–Crippen MR) is 57.2 cm³/mol. The van der Waals surface area contributed by atoms with E-state index in [-0.39, 0.29) is 6.54 Å². The van der Waals surface area contributed by atoms with E-state index in [9.17, 15) is 8.78 Å². The van der Waals surface area contributed by atoms with Crippen LogP contribution < -0.4 is 5.32 Å². The van der Waals surface area contributed by atoms with Gasteiger partial charge in [-0.05, 0) is 34.5 Å². The van der Waals surface area contributed by atoms with Crippen molar-refractivity contribution in [2.24, 2.45) is 0 Å². The van der Waals surface area contributed by atoms with Crippen LogP contribution in [0.15, 0.2) is 16.7 Å². The molecule has 0 aliphatic carbocycles. The minimum atomic E-state index is -2.75. The number of pyridine rings is 1. The maximum Gasteiger partial charge on any atom is 0.265 e. The molecule has 0 aliphatic rings. The molecule has 0 radical (unpaired) electrons. The molecule has 0 bridgehead atoms. The van der Waals surface area contributed by atoms with E-state index in [1.165, 1.54) is 0 Å². The molecule has 1 rings (SSSR count). The minimum absolute atomic E-state index is 0.229. The number of nitrogens with zero attached hydrogens (tertiary/aromatic N) is 1. The molecule has 1 atom stereocenters. The first-order chi connectivity index (χ1) is 7.02. The van der Waals surface area contributed by atoms with Gasteiger partial charge in [0.25, 0.3) is 6.43 Å². The molecular weight excluding hydrogens is 270 g/mol. The maximum atomic E-state index is 12.0. The molecule has 0 aliphatic heterocycles. The fourth-order valence-corrected chi connectivity index (χ4v) is 1.33. The Balaban J connectivity index is 2.62. The highest BCUT2D eigenvalue weighted by Gasteiger charge is 2.16. The number of aromatic nitrogens is 1. The first-order valence-electron chi connectivity index (χ1n) is 4.33. The number of alkyl halides is 2. The van der Waals surface area contributed by atoms with Gasteiger partial charge in [-0.3, -0.25) is 0 Å². The van der Waals surface area contributed by atoms with Crippen LogP contribution in [-0.4, -0.2) is 29.2 Å². The lowest BCUT2D eigenvalue weighted by Crippen LogP contribution is -2.27. The second-order valence-corrected chi connectivity index (χ2v) is 3.87. The molecule has 1 heterocycles. The Morgan fingerprint density at radius 3 is 2.87 bits per heavy atom. The monoisotopic (exact) mass is 280 g/mol. The molecule has 0 saturated heterocycles. The highest BCUT2D eigenvalue weighted by molar-refractivity contribution is 9.10. The Hall–Kier alpha value is -0.750. The molecule has 1 aromatic rings. The highest BCUT2D eigenvalue weighted by atomic mass is 79.9. The van der Waals surface area contributed by atoms with Crippen LogP contribution >= 0.6 is 15.9 Å². The molecule has 0 amide bonds. The molecule has 1 aromatic heterocycles. The number of aliphatic hydroxyl groups excluding tert-OH is 1. The maximum absolute atomic E-state index is 12.0. The van der Waals surface area contributed by atoms with Gasteiger partial charge < -0.3 is 10.4 Å². The van der Waals surface area contributed by atoms with E-state index < -0.39 is 12.5 Å². The first-order valence-corrected chi connectivity index (χ1v) is 5.13. The minimum Gasteiger partial charge on any atom is -0.385 e. The molecule has 84 valence electrons. The predicted octanol–water partition coefficient (Wildman–Crippen LogP) is 2.19. The topological polar surface area (TPSA) is 45.2 Å². The van der Waals surface area contributed by atoms with E-state index >= 15 is 0 Å². The molecule has 0 spiro atoms. The van der Waals surface area contributed by atoms with E-state index in [1.54, 1.807) is 12.3 Å². The Labute approximate surface area is 94.7 Å². The summed E-state index contributed by atoms with van der Waals surface area (Å²) in [6.07, 6.45) is -2.86. The van der Waals surface area contributed by atoms with Crippen molar-refractivity contribution in [3.05, 3.63) is 22.3 Å². The number of hydrogen-bond acceptors (Lipinski definition) is 3. The number of rotatable bonds is 4. The molecule has 0 aromatic carbocycles. The third-order valence-corrected chi connectivity index (χ3v) is 2.85. The van der Waals surface area contributed by atoms with Gasteiger partial charge in [0.1, 0.15) is 11.9 Å². The van der Waals surface area contributed by atoms with E-state index in [1.807, 2.05) is 6.92 Å². The van der Waals surface area contributed by atoms with Crippen LogP contribution in [0, 0.1) is 6.92 Å². The number of aliphatic hydroxyl groups is 1. The molecule has 6 heteroatoms. The molecule has 1 unspecified atom stereocenters. The second-order valence-electron chi connectivity index (χ2n) is 3.07. The number of halogens is 3. The standard InChI is InChI=1S/C9H11BrF2N2O/c1-5-2-3-13-9(7(5)10)14-4-6(15)8(11)12/h2-3,6,8,15H,4H2,1H3,(H,13,14). The van der Waals surface area contributed by atoms with Crippen molar-refractivity contribution < 1.29 is 13.9 Å². The smallest absolute Gasteiger partial charge is 0.265 e. The van der Waals surface area contributed by atoms with Gasteiger partial charge in [-0.15, -0.1) is 0 Å². The number of nitrogens with one attached hydrogen (secondary N) is 1.